The molecule has 0 atom stereocenters. The van der Waals surface area contributed by atoms with E-state index in [1.54, 1.807) is 13.8 Å². The highest BCUT2D eigenvalue weighted by molar-refractivity contribution is 5.99. The Morgan fingerprint density at radius 1 is 1.36 bits per heavy atom. The maximum atomic E-state index is 11.5. The molecule has 1 rings (SSSR count). The van der Waals surface area contributed by atoms with E-state index in [9.17, 15) is 9.59 Å². The molecule has 0 unspecified atom stereocenters. The number of hydrogen-bond donors (Lipinski definition) is 1. The maximum absolute atomic E-state index is 11.5. The molecule has 1 aromatic rings. The first-order valence-corrected chi connectivity index (χ1v) is 4.20. The molecule has 0 saturated carbocycles. The van der Waals surface area contributed by atoms with Gasteiger partial charge >= 0.3 is 5.97 Å². The van der Waals surface area contributed by atoms with Gasteiger partial charge in [0.1, 0.15) is 5.76 Å². The quantitative estimate of drug-likeness (QED) is 0.736. The number of carbonyl (C=O) groups excluding carboxylic acids is 1. The topological polar surface area (TPSA) is 80.4 Å². The number of hydrogen-bond acceptors (Lipinski definition) is 4. The summed E-state index contributed by atoms with van der Waals surface area (Å²) in [6.07, 6.45) is -0.179. The molecule has 1 N–H and O–H groups in total. The monoisotopic (exact) mass is 197 g/mol. The van der Waals surface area contributed by atoms with Gasteiger partial charge in [-0.2, -0.15) is 0 Å². The van der Waals surface area contributed by atoms with Crippen LogP contribution in [0.2, 0.25) is 0 Å². The van der Waals surface area contributed by atoms with Gasteiger partial charge in [-0.3, -0.25) is 9.59 Å². The van der Waals surface area contributed by atoms with E-state index in [0.29, 0.717) is 17.0 Å². The second-order valence-corrected chi connectivity index (χ2v) is 3.02. The Kier molecular flexibility index (Phi) is 3.01. The summed E-state index contributed by atoms with van der Waals surface area (Å²) < 4.78 is 4.80. The highest BCUT2D eigenvalue weighted by atomic mass is 16.5. The Bertz CT molecular complexity index is 347. The minimum Gasteiger partial charge on any atom is -0.481 e. The average molecular weight is 197 g/mol. The van der Waals surface area contributed by atoms with Crippen LogP contribution in [0, 0.1) is 13.8 Å². The first kappa shape index (κ1) is 10.4. The molecule has 0 amide bonds. The highest BCUT2D eigenvalue weighted by Crippen LogP contribution is 2.15. The van der Waals surface area contributed by atoms with Crippen molar-refractivity contribution in [3.8, 4) is 0 Å². The minimum absolute atomic E-state index is 0.0156. The van der Waals surface area contributed by atoms with Crippen LogP contribution < -0.4 is 0 Å². The molecule has 0 spiro atoms. The molecule has 0 aliphatic rings. The van der Waals surface area contributed by atoms with Crippen molar-refractivity contribution in [1.82, 2.24) is 5.16 Å². The zero-order valence-corrected chi connectivity index (χ0v) is 8.03. The minimum atomic E-state index is -0.981. The van der Waals surface area contributed by atoms with Gasteiger partial charge in [0.15, 0.2) is 5.78 Å². The van der Waals surface area contributed by atoms with Crippen LogP contribution in [-0.4, -0.2) is 22.0 Å². The standard InChI is InChI=1S/C9H11NO4/c1-5-9(6(2)14-10-5)7(11)3-4-8(12)13/h3-4H2,1-2H3,(H,12,13). The molecular formula is C9H11NO4. The fourth-order valence-electron chi connectivity index (χ4n) is 1.23. The summed E-state index contributed by atoms with van der Waals surface area (Å²) in [6.45, 7) is 3.29. The Morgan fingerprint density at radius 2 is 2.00 bits per heavy atom. The van der Waals surface area contributed by atoms with E-state index in [4.69, 9.17) is 9.63 Å². The summed E-state index contributed by atoms with van der Waals surface area (Å²) in [5.74, 6) is -0.772. The lowest BCUT2D eigenvalue weighted by atomic mass is 10.1. The summed E-state index contributed by atoms with van der Waals surface area (Å²) in [5, 5.41) is 12.0. The van der Waals surface area contributed by atoms with Gasteiger partial charge in [-0.15, -0.1) is 0 Å². The molecule has 0 aliphatic heterocycles. The Morgan fingerprint density at radius 3 is 2.43 bits per heavy atom. The summed E-state index contributed by atoms with van der Waals surface area (Å²) >= 11 is 0. The number of Topliss-reactive ketones (excluding diaryl/α,β-unsaturated/α-hetero) is 1. The Balaban J connectivity index is 2.74. The first-order chi connectivity index (χ1) is 6.52. The van der Waals surface area contributed by atoms with Crippen molar-refractivity contribution in [2.24, 2.45) is 0 Å². The lowest BCUT2D eigenvalue weighted by molar-refractivity contribution is -0.136. The maximum Gasteiger partial charge on any atom is 0.303 e. The number of carbonyl (C=O) groups is 2. The van der Waals surface area contributed by atoms with Crippen LogP contribution in [0.15, 0.2) is 4.52 Å². The molecule has 0 fully saturated rings. The predicted octanol–water partition coefficient (Wildman–Crippen LogP) is 1.34. The van der Waals surface area contributed by atoms with Crippen molar-refractivity contribution in [2.75, 3.05) is 0 Å². The number of nitrogens with zero attached hydrogens (tertiary/aromatic N) is 1. The van der Waals surface area contributed by atoms with E-state index in [0.717, 1.165) is 0 Å². The van der Waals surface area contributed by atoms with Crippen LogP contribution in [-0.2, 0) is 4.79 Å². The van der Waals surface area contributed by atoms with E-state index in [2.05, 4.69) is 5.16 Å². The Hall–Kier alpha value is -1.65. The molecule has 5 nitrogen and oxygen atoms in total. The normalized spacial score (nSPS) is 10.1. The van der Waals surface area contributed by atoms with Crippen molar-refractivity contribution in [2.45, 2.75) is 26.7 Å². The average Bonchev–Trinajstić information content (AvgIpc) is 2.42. The largest absolute Gasteiger partial charge is 0.481 e. The predicted molar refractivity (Wildman–Crippen MR) is 47.2 cm³/mol. The Labute approximate surface area is 80.7 Å². The number of carboxylic acid groups (broad SMARTS) is 1. The zero-order valence-electron chi connectivity index (χ0n) is 8.03. The lowest BCUT2D eigenvalue weighted by Gasteiger charge is -1.96. The second-order valence-electron chi connectivity index (χ2n) is 3.02. The molecule has 1 heterocycles. The van der Waals surface area contributed by atoms with E-state index < -0.39 is 5.97 Å². The van der Waals surface area contributed by atoms with Crippen molar-refractivity contribution in [3.05, 3.63) is 17.0 Å². The third-order valence-electron chi connectivity index (χ3n) is 1.88. The fourth-order valence-corrected chi connectivity index (χ4v) is 1.23. The van der Waals surface area contributed by atoms with Gasteiger partial charge in [-0.25, -0.2) is 0 Å². The van der Waals surface area contributed by atoms with Crippen LogP contribution in [0.5, 0.6) is 0 Å². The number of carboxylic acids is 1. The molecule has 0 saturated heterocycles. The lowest BCUT2D eigenvalue weighted by Crippen LogP contribution is -2.05. The fraction of sp³-hybridized carbons (Fsp3) is 0.444. The molecule has 5 heteroatoms. The van der Waals surface area contributed by atoms with Crippen molar-refractivity contribution >= 4 is 11.8 Å². The third-order valence-corrected chi connectivity index (χ3v) is 1.88. The molecular weight excluding hydrogens is 186 g/mol. The van der Waals surface area contributed by atoms with E-state index in [1.165, 1.54) is 0 Å². The van der Waals surface area contributed by atoms with Crippen LogP contribution in [0.3, 0.4) is 0 Å². The van der Waals surface area contributed by atoms with Crippen molar-refractivity contribution in [1.29, 1.82) is 0 Å². The zero-order chi connectivity index (χ0) is 10.7. The van der Waals surface area contributed by atoms with Crippen LogP contribution >= 0.6 is 0 Å². The van der Waals surface area contributed by atoms with Crippen LogP contribution in [0.4, 0.5) is 0 Å². The molecule has 0 radical (unpaired) electrons. The van der Waals surface area contributed by atoms with Gasteiger partial charge in [0.2, 0.25) is 0 Å². The number of rotatable bonds is 4. The van der Waals surface area contributed by atoms with Gasteiger partial charge in [-0.05, 0) is 13.8 Å². The van der Waals surface area contributed by atoms with Crippen LogP contribution in [0.25, 0.3) is 0 Å². The molecule has 0 bridgehead atoms. The number of ketones is 1. The summed E-state index contributed by atoms with van der Waals surface area (Å²) in [5.41, 5.74) is 0.920. The number of aryl methyl sites for hydroxylation is 2. The molecule has 0 aromatic carbocycles. The van der Waals surface area contributed by atoms with E-state index >= 15 is 0 Å². The van der Waals surface area contributed by atoms with Gasteiger partial charge < -0.3 is 9.63 Å². The number of aliphatic carboxylic acids is 1. The molecule has 1 aromatic heterocycles. The van der Waals surface area contributed by atoms with Crippen LogP contribution in [0.1, 0.15) is 34.7 Å². The van der Waals surface area contributed by atoms with Gasteiger partial charge in [-0.1, -0.05) is 5.16 Å². The molecule has 76 valence electrons. The SMILES string of the molecule is Cc1noc(C)c1C(=O)CCC(=O)O. The summed E-state index contributed by atoms with van der Waals surface area (Å²) in [6, 6.07) is 0. The van der Waals surface area contributed by atoms with Gasteiger partial charge in [0, 0.05) is 6.42 Å². The van der Waals surface area contributed by atoms with Gasteiger partial charge in [0.05, 0.1) is 17.7 Å². The highest BCUT2D eigenvalue weighted by Gasteiger charge is 2.17. The smallest absolute Gasteiger partial charge is 0.303 e. The second kappa shape index (κ2) is 4.04. The van der Waals surface area contributed by atoms with Crippen molar-refractivity contribution in [3.63, 3.8) is 0 Å². The van der Waals surface area contributed by atoms with Gasteiger partial charge in [0.25, 0.3) is 0 Å². The van der Waals surface area contributed by atoms with E-state index in [-0.39, 0.29) is 18.6 Å². The summed E-state index contributed by atoms with van der Waals surface area (Å²) in [4.78, 5) is 21.7. The van der Waals surface area contributed by atoms with Crippen molar-refractivity contribution < 1.29 is 19.2 Å². The third kappa shape index (κ3) is 2.18. The summed E-state index contributed by atoms with van der Waals surface area (Å²) in [7, 11) is 0. The molecule has 0 aliphatic carbocycles. The first-order valence-electron chi connectivity index (χ1n) is 4.20. The number of aromatic nitrogens is 1. The van der Waals surface area contributed by atoms with E-state index in [1.807, 2.05) is 0 Å². The molecule has 14 heavy (non-hydrogen) atoms.